The van der Waals surface area contributed by atoms with E-state index in [2.05, 4.69) is 22.5 Å². The number of hydrogen-bond donors (Lipinski definition) is 1. The van der Waals surface area contributed by atoms with Crippen LogP contribution >= 0.6 is 12.4 Å². The number of likely N-dealkylation sites (N-methyl/N-ethyl adjacent to an activating group) is 1. The number of benzene rings is 3. The molecule has 0 saturated carbocycles. The molecular weight excluding hydrogens is 514 g/mol. The fourth-order valence-electron chi connectivity index (χ4n) is 4.74. The average Bonchev–Trinajstić information content (AvgIpc) is 3.44. The number of ether oxygens (including phenoxy) is 3. The number of nitrogens with zero attached hydrogens (tertiary/aromatic N) is 2. The van der Waals surface area contributed by atoms with Gasteiger partial charge in [-0.15, -0.1) is 19.0 Å². The van der Waals surface area contributed by atoms with Gasteiger partial charge in [0, 0.05) is 40.6 Å². The van der Waals surface area contributed by atoms with Gasteiger partial charge in [0.15, 0.2) is 17.6 Å². The quantitative estimate of drug-likeness (QED) is 0.149. The molecule has 1 aromatic heterocycles. The predicted molar refractivity (Wildman–Crippen MR) is 159 cm³/mol. The predicted octanol–water partition coefficient (Wildman–Crippen LogP) is 6.61. The van der Waals surface area contributed by atoms with E-state index in [1.165, 1.54) is 0 Å². The van der Waals surface area contributed by atoms with Crippen LogP contribution in [0.25, 0.3) is 22.2 Å². The Bertz CT molecular complexity index is 1480. The highest BCUT2D eigenvalue weighted by Crippen LogP contribution is 2.46. The minimum Gasteiger partial charge on any atom is -0.493 e. The van der Waals surface area contributed by atoms with E-state index in [1.807, 2.05) is 74.8 Å². The molecular formula is C31H34ClN3O4. The fraction of sp³-hybridized carbons (Fsp3) is 0.258. The summed E-state index contributed by atoms with van der Waals surface area (Å²) in [5.41, 5.74) is 6.59. The molecule has 1 aliphatic carbocycles. The number of oxime groups is 1. The number of aromatic amines is 1. The van der Waals surface area contributed by atoms with Gasteiger partial charge in [-0.2, -0.15) is 0 Å². The maximum Gasteiger partial charge on any atom is 0.161 e. The summed E-state index contributed by atoms with van der Waals surface area (Å²) in [5.74, 6) is 2.09. The zero-order chi connectivity index (χ0) is 26.6. The number of hydrogen-bond acceptors (Lipinski definition) is 6. The first kappa shape index (κ1) is 28.1. The third-order valence-corrected chi connectivity index (χ3v) is 6.69. The topological polar surface area (TPSA) is 68.3 Å². The molecule has 8 heteroatoms. The van der Waals surface area contributed by atoms with E-state index in [-0.39, 0.29) is 18.5 Å². The van der Waals surface area contributed by atoms with E-state index >= 15 is 0 Å². The molecule has 5 rings (SSSR count). The molecule has 39 heavy (non-hydrogen) atoms. The molecule has 0 fully saturated rings. The molecule has 204 valence electrons. The van der Waals surface area contributed by atoms with Gasteiger partial charge in [-0.05, 0) is 50.0 Å². The van der Waals surface area contributed by atoms with Crippen LogP contribution in [0.2, 0.25) is 0 Å². The Kier molecular flexibility index (Phi) is 8.84. The molecule has 1 heterocycles. The van der Waals surface area contributed by atoms with Crippen LogP contribution in [0.1, 0.15) is 29.2 Å². The van der Waals surface area contributed by atoms with Gasteiger partial charge in [0.1, 0.15) is 18.1 Å². The highest BCUT2D eigenvalue weighted by atomic mass is 35.5. The monoisotopic (exact) mass is 547 g/mol. The van der Waals surface area contributed by atoms with E-state index in [1.54, 1.807) is 14.2 Å². The largest absolute Gasteiger partial charge is 0.493 e. The van der Waals surface area contributed by atoms with Crippen molar-refractivity contribution in [3.63, 3.8) is 0 Å². The average molecular weight is 548 g/mol. The highest BCUT2D eigenvalue weighted by Gasteiger charge is 2.32. The Morgan fingerprint density at radius 1 is 0.974 bits per heavy atom. The summed E-state index contributed by atoms with van der Waals surface area (Å²) >= 11 is 0. The summed E-state index contributed by atoms with van der Waals surface area (Å²) in [4.78, 5) is 11.9. The van der Waals surface area contributed by atoms with Crippen LogP contribution in [0, 0.1) is 0 Å². The van der Waals surface area contributed by atoms with E-state index < -0.39 is 0 Å². The van der Waals surface area contributed by atoms with Crippen molar-refractivity contribution in [1.82, 2.24) is 9.88 Å². The van der Waals surface area contributed by atoms with Gasteiger partial charge >= 0.3 is 0 Å². The van der Waals surface area contributed by atoms with E-state index in [0.717, 1.165) is 56.9 Å². The molecule has 0 amide bonds. The molecule has 1 atom stereocenters. The summed E-state index contributed by atoms with van der Waals surface area (Å²) in [5, 5.41) is 5.79. The van der Waals surface area contributed by atoms with Gasteiger partial charge in [0.2, 0.25) is 0 Å². The van der Waals surface area contributed by atoms with Crippen LogP contribution in [0.5, 0.6) is 17.2 Å². The molecule has 0 spiro atoms. The van der Waals surface area contributed by atoms with Crippen LogP contribution in [0.4, 0.5) is 0 Å². The van der Waals surface area contributed by atoms with Gasteiger partial charge in [-0.3, -0.25) is 0 Å². The second kappa shape index (κ2) is 12.3. The first-order chi connectivity index (χ1) is 18.5. The zero-order valence-electron chi connectivity index (χ0n) is 22.7. The maximum absolute atomic E-state index is 6.23. The highest BCUT2D eigenvalue weighted by molar-refractivity contribution is 6.30. The maximum atomic E-state index is 6.23. The zero-order valence-corrected chi connectivity index (χ0v) is 23.5. The van der Waals surface area contributed by atoms with Crippen molar-refractivity contribution in [2.24, 2.45) is 5.16 Å². The lowest BCUT2D eigenvalue weighted by molar-refractivity contribution is 0.0610. The Morgan fingerprint density at radius 2 is 1.69 bits per heavy atom. The van der Waals surface area contributed by atoms with Gasteiger partial charge in [0.05, 0.1) is 19.9 Å². The summed E-state index contributed by atoms with van der Waals surface area (Å²) in [6, 6.07) is 20.1. The molecule has 3 aromatic carbocycles. The summed E-state index contributed by atoms with van der Waals surface area (Å²) in [6.45, 7) is 5.35. The number of halogens is 1. The number of methoxy groups -OCH3 is 2. The Balaban J connectivity index is 0.00000353. The SMILES string of the molecule is C=CCC(ON=C1c2cc(OC)c(OC)cc2-c2[nH]c3ccc(OCCN(C)C)cc3c21)c1ccccc1.Cl. The minimum absolute atomic E-state index is 0. The number of aromatic nitrogens is 1. The lowest BCUT2D eigenvalue weighted by Crippen LogP contribution is -2.19. The van der Waals surface area contributed by atoms with Gasteiger partial charge in [0.25, 0.3) is 0 Å². The smallest absolute Gasteiger partial charge is 0.161 e. The number of H-pyrrole nitrogens is 1. The fourth-order valence-corrected chi connectivity index (χ4v) is 4.74. The summed E-state index contributed by atoms with van der Waals surface area (Å²) in [7, 11) is 7.33. The molecule has 1 unspecified atom stereocenters. The van der Waals surface area contributed by atoms with Crippen molar-refractivity contribution in [1.29, 1.82) is 0 Å². The van der Waals surface area contributed by atoms with E-state index in [4.69, 9.17) is 24.2 Å². The lowest BCUT2D eigenvalue weighted by atomic mass is 10.1. The van der Waals surface area contributed by atoms with Crippen molar-refractivity contribution in [3.05, 3.63) is 90.0 Å². The molecule has 7 nitrogen and oxygen atoms in total. The van der Waals surface area contributed by atoms with Crippen molar-refractivity contribution in [2.45, 2.75) is 12.5 Å². The number of nitrogens with one attached hydrogen (secondary N) is 1. The first-order valence-electron chi connectivity index (χ1n) is 12.6. The van der Waals surface area contributed by atoms with Crippen molar-refractivity contribution in [3.8, 4) is 28.5 Å². The Hall–Kier alpha value is -3.94. The van der Waals surface area contributed by atoms with Crippen molar-refractivity contribution >= 4 is 29.0 Å². The van der Waals surface area contributed by atoms with Crippen LogP contribution in [0.15, 0.2) is 78.5 Å². The van der Waals surface area contributed by atoms with Crippen molar-refractivity contribution < 1.29 is 19.0 Å². The molecule has 0 bridgehead atoms. The van der Waals surface area contributed by atoms with Gasteiger partial charge in [-0.25, -0.2) is 0 Å². The molecule has 4 aromatic rings. The van der Waals surface area contributed by atoms with Crippen LogP contribution in [-0.2, 0) is 4.84 Å². The second-order valence-electron chi connectivity index (χ2n) is 9.46. The third-order valence-electron chi connectivity index (χ3n) is 6.69. The van der Waals surface area contributed by atoms with Gasteiger partial charge < -0.3 is 28.9 Å². The summed E-state index contributed by atoms with van der Waals surface area (Å²) in [6.07, 6.45) is 2.22. The summed E-state index contributed by atoms with van der Waals surface area (Å²) < 4.78 is 17.3. The normalized spacial score (nSPS) is 13.5. The molecule has 0 saturated heterocycles. The molecule has 0 aliphatic heterocycles. The van der Waals surface area contributed by atoms with Crippen LogP contribution in [-0.4, -0.2) is 57.1 Å². The molecule has 1 N–H and O–H groups in total. The van der Waals surface area contributed by atoms with Crippen LogP contribution in [0.3, 0.4) is 0 Å². The van der Waals surface area contributed by atoms with Crippen LogP contribution < -0.4 is 14.2 Å². The second-order valence-corrected chi connectivity index (χ2v) is 9.46. The molecule has 1 aliphatic rings. The number of rotatable bonds is 11. The standard InChI is InChI=1S/C31H33N3O4.ClH/c1-6-10-26(20-11-8-7-9-12-20)38-33-31-23-19-28(36-5)27(35-4)18-22(23)30-29(31)24-17-21(13-14-25(24)32-30)37-16-15-34(2)3;/h6-9,11-14,17-19,26,32H,1,10,15-16H2,2-5H3;1H. The number of fused-ring (bicyclic) bond motifs is 5. The Morgan fingerprint density at radius 3 is 2.36 bits per heavy atom. The van der Waals surface area contributed by atoms with E-state index in [0.29, 0.717) is 24.5 Å². The first-order valence-corrected chi connectivity index (χ1v) is 12.6. The minimum atomic E-state index is -0.260. The van der Waals surface area contributed by atoms with E-state index in [9.17, 15) is 0 Å². The third kappa shape index (κ3) is 5.60. The Labute approximate surface area is 235 Å². The van der Waals surface area contributed by atoms with Crippen molar-refractivity contribution in [2.75, 3.05) is 41.5 Å². The lowest BCUT2D eigenvalue weighted by Gasteiger charge is -2.15. The molecule has 0 radical (unpaired) electrons. The van der Waals surface area contributed by atoms with Gasteiger partial charge in [-0.1, -0.05) is 41.6 Å².